The molecule has 1 fully saturated rings. The van der Waals surface area contributed by atoms with Crippen LogP contribution in [0.25, 0.3) is 0 Å². The number of methoxy groups -OCH3 is 1. The minimum Gasteiger partial charge on any atom is -0.453 e. The molecule has 1 heterocycles. The summed E-state index contributed by atoms with van der Waals surface area (Å²) in [6.45, 7) is 5.49. The molecule has 1 aromatic carbocycles. The zero-order valence-corrected chi connectivity index (χ0v) is 15.9. The van der Waals surface area contributed by atoms with Crippen molar-refractivity contribution >= 4 is 17.9 Å². The maximum Gasteiger partial charge on any atom is 0.409 e. The number of amides is 3. The summed E-state index contributed by atoms with van der Waals surface area (Å²) in [6, 6.07) is 4.47. The van der Waals surface area contributed by atoms with Gasteiger partial charge in [0.05, 0.1) is 7.11 Å². The summed E-state index contributed by atoms with van der Waals surface area (Å²) < 4.78 is 17.8. The van der Waals surface area contributed by atoms with Gasteiger partial charge in [-0.2, -0.15) is 0 Å². The number of carbonyl (C=O) groups is 3. The molecule has 27 heavy (non-hydrogen) atoms. The van der Waals surface area contributed by atoms with E-state index in [9.17, 15) is 18.8 Å². The molecule has 0 aliphatic carbocycles. The molecule has 0 saturated carbocycles. The average Bonchev–Trinajstić information content (AvgIpc) is 2.91. The number of nitrogens with one attached hydrogen (secondary N) is 1. The predicted molar refractivity (Wildman–Crippen MR) is 97.7 cm³/mol. The first-order valence-corrected chi connectivity index (χ1v) is 9.01. The van der Waals surface area contributed by atoms with Gasteiger partial charge in [-0.3, -0.25) is 9.59 Å². The molecular weight excluding hydrogens is 353 g/mol. The molecule has 0 spiro atoms. The molecule has 3 amide bonds. The fourth-order valence-corrected chi connectivity index (χ4v) is 2.99. The van der Waals surface area contributed by atoms with Crippen LogP contribution in [0.4, 0.5) is 9.18 Å². The van der Waals surface area contributed by atoms with Crippen molar-refractivity contribution in [2.45, 2.75) is 26.3 Å². The first kappa shape index (κ1) is 20.7. The summed E-state index contributed by atoms with van der Waals surface area (Å²) in [5.41, 5.74) is 0.294. The zero-order valence-electron chi connectivity index (χ0n) is 15.9. The van der Waals surface area contributed by atoms with Crippen molar-refractivity contribution in [3.8, 4) is 0 Å². The van der Waals surface area contributed by atoms with E-state index in [1.54, 1.807) is 9.80 Å². The van der Waals surface area contributed by atoms with Crippen LogP contribution in [-0.2, 0) is 9.53 Å². The highest BCUT2D eigenvalue weighted by Gasteiger charge is 2.30. The second-order valence-electron chi connectivity index (χ2n) is 6.84. The lowest BCUT2D eigenvalue weighted by molar-refractivity contribution is -0.134. The first-order chi connectivity index (χ1) is 12.8. The molecule has 1 unspecified atom stereocenters. The smallest absolute Gasteiger partial charge is 0.409 e. The van der Waals surface area contributed by atoms with Gasteiger partial charge in [-0.25, -0.2) is 9.18 Å². The molecule has 1 aliphatic heterocycles. The molecule has 1 aromatic rings. The maximum absolute atomic E-state index is 13.0. The Morgan fingerprint density at radius 2 is 1.63 bits per heavy atom. The van der Waals surface area contributed by atoms with Crippen LogP contribution in [0.2, 0.25) is 0 Å². The van der Waals surface area contributed by atoms with Gasteiger partial charge in [0.25, 0.3) is 5.91 Å². The van der Waals surface area contributed by atoms with E-state index in [4.69, 9.17) is 4.74 Å². The van der Waals surface area contributed by atoms with E-state index >= 15 is 0 Å². The molecule has 1 atom stereocenters. The summed E-state index contributed by atoms with van der Waals surface area (Å²) in [4.78, 5) is 40.3. The van der Waals surface area contributed by atoms with Gasteiger partial charge in [0, 0.05) is 31.7 Å². The first-order valence-electron chi connectivity index (χ1n) is 9.01. The SMILES string of the molecule is COC(=O)N1CCCN(C(=O)C(NC(=O)c2ccc(F)cc2)C(C)C)CC1. The normalized spacial score (nSPS) is 15.9. The summed E-state index contributed by atoms with van der Waals surface area (Å²) in [5, 5.41) is 2.76. The second kappa shape index (κ2) is 9.34. The van der Waals surface area contributed by atoms with Gasteiger partial charge >= 0.3 is 6.09 Å². The van der Waals surface area contributed by atoms with Crippen molar-refractivity contribution in [2.75, 3.05) is 33.3 Å². The lowest BCUT2D eigenvalue weighted by atomic mass is 10.0. The molecule has 0 radical (unpaired) electrons. The molecule has 1 N–H and O–H groups in total. The van der Waals surface area contributed by atoms with E-state index in [0.717, 1.165) is 0 Å². The average molecular weight is 379 g/mol. The van der Waals surface area contributed by atoms with E-state index in [-0.39, 0.29) is 11.8 Å². The van der Waals surface area contributed by atoms with Gasteiger partial charge in [0.2, 0.25) is 5.91 Å². The highest BCUT2D eigenvalue weighted by Crippen LogP contribution is 2.12. The Balaban J connectivity index is 2.04. The second-order valence-corrected chi connectivity index (χ2v) is 6.84. The highest BCUT2D eigenvalue weighted by atomic mass is 19.1. The van der Waals surface area contributed by atoms with Crippen LogP contribution in [-0.4, -0.2) is 67.0 Å². The van der Waals surface area contributed by atoms with Crippen molar-refractivity contribution in [1.29, 1.82) is 0 Å². The minimum absolute atomic E-state index is 0.123. The van der Waals surface area contributed by atoms with Crippen LogP contribution < -0.4 is 5.32 Å². The number of hydrogen-bond donors (Lipinski definition) is 1. The predicted octanol–water partition coefficient (Wildman–Crippen LogP) is 1.88. The molecule has 1 aliphatic rings. The number of halogens is 1. The molecule has 0 aromatic heterocycles. The van der Waals surface area contributed by atoms with Crippen molar-refractivity contribution in [3.05, 3.63) is 35.6 Å². The highest BCUT2D eigenvalue weighted by molar-refractivity contribution is 5.97. The quantitative estimate of drug-likeness (QED) is 0.866. The Bertz CT molecular complexity index is 678. The third-order valence-corrected chi connectivity index (χ3v) is 4.57. The van der Waals surface area contributed by atoms with Crippen molar-refractivity contribution in [2.24, 2.45) is 5.92 Å². The number of nitrogens with zero attached hydrogens (tertiary/aromatic N) is 2. The largest absolute Gasteiger partial charge is 0.453 e. The third kappa shape index (κ3) is 5.42. The van der Waals surface area contributed by atoms with Crippen molar-refractivity contribution < 1.29 is 23.5 Å². The number of hydrogen-bond acceptors (Lipinski definition) is 4. The summed E-state index contributed by atoms with van der Waals surface area (Å²) in [7, 11) is 1.33. The lowest BCUT2D eigenvalue weighted by Crippen LogP contribution is -2.52. The van der Waals surface area contributed by atoms with E-state index in [1.165, 1.54) is 31.4 Å². The van der Waals surface area contributed by atoms with Crippen LogP contribution in [0.1, 0.15) is 30.6 Å². The van der Waals surface area contributed by atoms with Gasteiger partial charge in [-0.1, -0.05) is 13.8 Å². The Morgan fingerprint density at radius 3 is 2.22 bits per heavy atom. The van der Waals surface area contributed by atoms with E-state index < -0.39 is 23.9 Å². The number of benzene rings is 1. The van der Waals surface area contributed by atoms with E-state index in [1.807, 2.05) is 13.8 Å². The summed E-state index contributed by atoms with van der Waals surface area (Å²) >= 11 is 0. The van der Waals surface area contributed by atoms with Gasteiger partial charge in [-0.05, 0) is 36.6 Å². The third-order valence-electron chi connectivity index (χ3n) is 4.57. The minimum atomic E-state index is -0.702. The number of rotatable bonds is 4. The van der Waals surface area contributed by atoms with Crippen molar-refractivity contribution in [1.82, 2.24) is 15.1 Å². The van der Waals surface area contributed by atoms with Crippen LogP contribution in [0.3, 0.4) is 0 Å². The van der Waals surface area contributed by atoms with Crippen LogP contribution >= 0.6 is 0 Å². The Labute approximate surface area is 158 Å². The van der Waals surface area contributed by atoms with Gasteiger partial charge < -0.3 is 19.9 Å². The summed E-state index contributed by atoms with van der Waals surface area (Å²) in [5.74, 6) is -1.16. The maximum atomic E-state index is 13.0. The fourth-order valence-electron chi connectivity index (χ4n) is 2.99. The molecule has 8 heteroatoms. The molecule has 1 saturated heterocycles. The zero-order chi connectivity index (χ0) is 20.0. The molecule has 2 rings (SSSR count). The number of carbonyl (C=O) groups excluding carboxylic acids is 3. The van der Waals surface area contributed by atoms with Gasteiger partial charge in [-0.15, -0.1) is 0 Å². The van der Waals surface area contributed by atoms with Crippen LogP contribution in [0, 0.1) is 11.7 Å². The molecule has 7 nitrogen and oxygen atoms in total. The Morgan fingerprint density at radius 1 is 1.04 bits per heavy atom. The fraction of sp³-hybridized carbons (Fsp3) is 0.526. The summed E-state index contributed by atoms with van der Waals surface area (Å²) in [6.07, 6.45) is 0.228. The van der Waals surface area contributed by atoms with Crippen LogP contribution in [0.15, 0.2) is 24.3 Å². The monoisotopic (exact) mass is 379 g/mol. The van der Waals surface area contributed by atoms with Crippen LogP contribution in [0.5, 0.6) is 0 Å². The van der Waals surface area contributed by atoms with Gasteiger partial charge in [0.15, 0.2) is 0 Å². The Hall–Kier alpha value is -2.64. The lowest BCUT2D eigenvalue weighted by Gasteiger charge is -2.29. The Kier molecular flexibility index (Phi) is 7.15. The molecule has 148 valence electrons. The number of ether oxygens (including phenoxy) is 1. The molecule has 0 bridgehead atoms. The standard InChI is InChI=1S/C19H26FN3O4/c1-13(2)16(21-17(24)14-5-7-15(20)8-6-14)18(25)22-9-4-10-23(12-11-22)19(26)27-3/h5-8,13,16H,4,9-12H2,1-3H3,(H,21,24). The van der Waals surface area contributed by atoms with Crippen molar-refractivity contribution in [3.63, 3.8) is 0 Å². The van der Waals surface area contributed by atoms with E-state index in [2.05, 4.69) is 5.32 Å². The topological polar surface area (TPSA) is 79.0 Å². The van der Waals surface area contributed by atoms with E-state index in [0.29, 0.717) is 38.2 Å². The molecular formula is C19H26FN3O4. The van der Waals surface area contributed by atoms with Gasteiger partial charge in [0.1, 0.15) is 11.9 Å².